The van der Waals surface area contributed by atoms with Crippen molar-refractivity contribution >= 4 is 17.5 Å². The number of carbonyl (C=O) groups excluding carboxylic acids is 1. The smallest absolute Gasteiger partial charge is 0.239 e. The molecular formula is C25H29FN6O3. The van der Waals surface area contributed by atoms with Gasteiger partial charge in [0.15, 0.2) is 17.4 Å². The van der Waals surface area contributed by atoms with E-state index in [0.717, 1.165) is 24.5 Å². The fourth-order valence-electron chi connectivity index (χ4n) is 3.56. The van der Waals surface area contributed by atoms with Crippen molar-refractivity contribution in [3.63, 3.8) is 0 Å². The van der Waals surface area contributed by atoms with E-state index < -0.39 is 5.82 Å². The topological polar surface area (TPSA) is 83.9 Å². The van der Waals surface area contributed by atoms with Crippen LogP contribution in [0.15, 0.2) is 48.9 Å². The highest BCUT2D eigenvalue weighted by Gasteiger charge is 2.14. The van der Waals surface area contributed by atoms with Crippen LogP contribution in [0.4, 0.5) is 16.0 Å². The standard InChI is InChI=1S/C25H29FN6O3/c1-18(33)30(2)8-9-31(3)24-16-27-17-25(29-24)35-22-6-4-19(14-21(22)26)20-5-7-23(28-15-20)32-10-12-34-13-11-32/h4-7,14-17H,8-13H2,1-3H3. The molecule has 1 saturated heterocycles. The highest BCUT2D eigenvalue weighted by atomic mass is 19.1. The molecule has 1 aliphatic rings. The molecule has 0 N–H and O–H groups in total. The number of benzene rings is 1. The van der Waals surface area contributed by atoms with Crippen molar-refractivity contribution in [3.05, 3.63) is 54.7 Å². The van der Waals surface area contributed by atoms with E-state index in [1.807, 2.05) is 24.1 Å². The molecule has 9 nitrogen and oxygen atoms in total. The van der Waals surface area contributed by atoms with Crippen LogP contribution < -0.4 is 14.5 Å². The minimum Gasteiger partial charge on any atom is -0.434 e. The minimum absolute atomic E-state index is 0.00989. The molecule has 0 unspecified atom stereocenters. The Balaban J connectivity index is 1.42. The summed E-state index contributed by atoms with van der Waals surface area (Å²) in [5.41, 5.74) is 1.51. The number of aromatic nitrogens is 3. The zero-order valence-electron chi connectivity index (χ0n) is 20.1. The second-order valence-electron chi connectivity index (χ2n) is 8.33. The van der Waals surface area contributed by atoms with Crippen LogP contribution in [0.2, 0.25) is 0 Å². The first-order chi connectivity index (χ1) is 16.9. The Kier molecular flexibility index (Phi) is 7.71. The summed E-state index contributed by atoms with van der Waals surface area (Å²) in [5.74, 6) is 1.15. The lowest BCUT2D eigenvalue weighted by Gasteiger charge is -2.27. The summed E-state index contributed by atoms with van der Waals surface area (Å²) in [6.07, 6.45) is 4.77. The molecule has 2 aromatic heterocycles. The van der Waals surface area contributed by atoms with Crippen LogP contribution in [0, 0.1) is 5.82 Å². The number of rotatable bonds is 8. The van der Waals surface area contributed by atoms with Gasteiger partial charge < -0.3 is 24.2 Å². The van der Waals surface area contributed by atoms with Crippen molar-refractivity contribution in [2.75, 3.05) is 63.3 Å². The van der Waals surface area contributed by atoms with Crippen molar-refractivity contribution in [3.8, 4) is 22.8 Å². The molecule has 3 heterocycles. The van der Waals surface area contributed by atoms with E-state index >= 15 is 0 Å². The van der Waals surface area contributed by atoms with E-state index in [-0.39, 0.29) is 17.5 Å². The Labute approximate surface area is 204 Å². The number of pyridine rings is 1. The van der Waals surface area contributed by atoms with Gasteiger partial charge in [0.05, 0.1) is 25.6 Å². The van der Waals surface area contributed by atoms with E-state index in [0.29, 0.717) is 37.7 Å². The summed E-state index contributed by atoms with van der Waals surface area (Å²) in [4.78, 5) is 30.1. The number of carbonyl (C=O) groups is 1. The molecule has 184 valence electrons. The SMILES string of the molecule is CC(=O)N(C)CCN(C)c1cncc(Oc2ccc(-c3ccc(N4CCOCC4)nc3)cc2F)n1. The molecule has 4 rings (SSSR count). The number of halogens is 1. The third-order valence-corrected chi connectivity index (χ3v) is 5.86. The van der Waals surface area contributed by atoms with Gasteiger partial charge in [-0.2, -0.15) is 4.98 Å². The van der Waals surface area contributed by atoms with Gasteiger partial charge in [-0.3, -0.25) is 9.78 Å². The number of nitrogens with zero attached hydrogens (tertiary/aromatic N) is 6. The number of hydrogen-bond acceptors (Lipinski definition) is 8. The molecule has 0 spiro atoms. The van der Waals surface area contributed by atoms with Gasteiger partial charge in [0.2, 0.25) is 11.8 Å². The molecule has 0 aliphatic carbocycles. The number of ether oxygens (including phenoxy) is 2. The van der Waals surface area contributed by atoms with Crippen molar-refractivity contribution in [1.82, 2.24) is 19.9 Å². The molecule has 1 amide bonds. The summed E-state index contributed by atoms with van der Waals surface area (Å²) < 4.78 is 25.9. The Morgan fingerprint density at radius 2 is 1.86 bits per heavy atom. The highest BCUT2D eigenvalue weighted by molar-refractivity contribution is 5.72. The van der Waals surface area contributed by atoms with Crippen LogP contribution in [-0.4, -0.2) is 79.2 Å². The van der Waals surface area contributed by atoms with Crippen LogP contribution in [0.25, 0.3) is 11.1 Å². The summed E-state index contributed by atoms with van der Waals surface area (Å²) in [6.45, 7) is 5.62. The summed E-state index contributed by atoms with van der Waals surface area (Å²) in [5, 5.41) is 0. The maximum absolute atomic E-state index is 14.9. The van der Waals surface area contributed by atoms with Gasteiger partial charge in [-0.05, 0) is 29.8 Å². The second kappa shape index (κ2) is 11.1. The predicted octanol–water partition coefficient (Wildman–Crippen LogP) is 3.22. The van der Waals surface area contributed by atoms with E-state index in [1.165, 1.54) is 19.2 Å². The lowest BCUT2D eigenvalue weighted by atomic mass is 10.1. The third kappa shape index (κ3) is 6.21. The molecule has 0 bridgehead atoms. The summed E-state index contributed by atoms with van der Waals surface area (Å²) >= 11 is 0. The Bertz CT molecular complexity index is 1150. The van der Waals surface area contributed by atoms with Crippen molar-refractivity contribution in [2.45, 2.75) is 6.92 Å². The molecule has 0 radical (unpaired) electrons. The number of anilines is 2. The average molecular weight is 481 g/mol. The van der Waals surface area contributed by atoms with Crippen molar-refractivity contribution in [1.29, 1.82) is 0 Å². The third-order valence-electron chi connectivity index (χ3n) is 5.86. The molecule has 1 aliphatic heterocycles. The Hall–Kier alpha value is -3.79. The first-order valence-corrected chi connectivity index (χ1v) is 11.4. The van der Waals surface area contributed by atoms with Gasteiger partial charge in [0.1, 0.15) is 5.82 Å². The molecule has 1 aromatic carbocycles. The lowest BCUT2D eigenvalue weighted by Crippen LogP contribution is -2.36. The summed E-state index contributed by atoms with van der Waals surface area (Å²) in [6, 6.07) is 8.64. The second-order valence-corrected chi connectivity index (χ2v) is 8.33. The van der Waals surface area contributed by atoms with Gasteiger partial charge in [-0.1, -0.05) is 6.07 Å². The molecule has 3 aromatic rings. The van der Waals surface area contributed by atoms with E-state index in [2.05, 4.69) is 19.9 Å². The van der Waals surface area contributed by atoms with Crippen LogP contribution in [-0.2, 0) is 9.53 Å². The maximum Gasteiger partial charge on any atom is 0.239 e. The molecule has 0 atom stereocenters. The van der Waals surface area contributed by atoms with Crippen LogP contribution >= 0.6 is 0 Å². The number of hydrogen-bond donors (Lipinski definition) is 0. The van der Waals surface area contributed by atoms with E-state index in [4.69, 9.17) is 9.47 Å². The Morgan fingerprint density at radius 3 is 2.54 bits per heavy atom. The summed E-state index contributed by atoms with van der Waals surface area (Å²) in [7, 11) is 3.58. The molecule has 1 fully saturated rings. The monoisotopic (exact) mass is 480 g/mol. The van der Waals surface area contributed by atoms with Gasteiger partial charge in [0.25, 0.3) is 0 Å². The zero-order valence-corrected chi connectivity index (χ0v) is 20.1. The van der Waals surface area contributed by atoms with Gasteiger partial charge in [-0.15, -0.1) is 0 Å². The minimum atomic E-state index is -0.511. The zero-order chi connectivity index (χ0) is 24.8. The normalized spacial score (nSPS) is 13.4. The van der Waals surface area contributed by atoms with Crippen molar-refractivity contribution in [2.24, 2.45) is 0 Å². The largest absolute Gasteiger partial charge is 0.434 e. The first kappa shape index (κ1) is 24.3. The fraction of sp³-hybridized carbons (Fsp3) is 0.360. The number of likely N-dealkylation sites (N-methyl/N-ethyl adjacent to an activating group) is 2. The average Bonchev–Trinajstić information content (AvgIpc) is 2.89. The fourth-order valence-corrected chi connectivity index (χ4v) is 3.56. The van der Waals surface area contributed by atoms with Gasteiger partial charge >= 0.3 is 0 Å². The number of morpholine rings is 1. The van der Waals surface area contributed by atoms with E-state index in [1.54, 1.807) is 36.5 Å². The maximum atomic E-state index is 14.9. The van der Waals surface area contributed by atoms with E-state index in [9.17, 15) is 9.18 Å². The van der Waals surface area contributed by atoms with Crippen LogP contribution in [0.3, 0.4) is 0 Å². The van der Waals surface area contributed by atoms with Crippen molar-refractivity contribution < 1.29 is 18.7 Å². The number of amides is 1. The first-order valence-electron chi connectivity index (χ1n) is 11.4. The Morgan fingerprint density at radius 1 is 1.09 bits per heavy atom. The highest BCUT2D eigenvalue weighted by Crippen LogP contribution is 2.29. The predicted molar refractivity (Wildman–Crippen MR) is 131 cm³/mol. The molecule has 10 heteroatoms. The van der Waals surface area contributed by atoms with Gasteiger partial charge in [-0.25, -0.2) is 9.37 Å². The molecule has 35 heavy (non-hydrogen) atoms. The quantitative estimate of drug-likeness (QED) is 0.486. The van der Waals surface area contributed by atoms with Gasteiger partial charge in [0, 0.05) is 59.0 Å². The van der Waals surface area contributed by atoms with Crippen LogP contribution in [0.5, 0.6) is 11.6 Å². The lowest BCUT2D eigenvalue weighted by molar-refractivity contribution is -0.127. The molecule has 0 saturated carbocycles. The van der Waals surface area contributed by atoms with Crippen LogP contribution in [0.1, 0.15) is 6.92 Å². The molecular weight excluding hydrogens is 451 g/mol.